The summed E-state index contributed by atoms with van der Waals surface area (Å²) < 4.78 is 0. The van der Waals surface area contributed by atoms with Crippen molar-refractivity contribution in [2.24, 2.45) is 0 Å². The molecule has 1 aliphatic rings. The molecule has 0 unspecified atom stereocenters. The molecule has 0 spiro atoms. The molecule has 21 heavy (non-hydrogen) atoms. The van der Waals surface area contributed by atoms with E-state index in [9.17, 15) is 0 Å². The predicted molar refractivity (Wildman–Crippen MR) is 84.2 cm³/mol. The predicted octanol–water partition coefficient (Wildman–Crippen LogP) is 3.29. The summed E-state index contributed by atoms with van der Waals surface area (Å²) in [5, 5.41) is 1.06. The summed E-state index contributed by atoms with van der Waals surface area (Å²) in [5.41, 5.74) is 3.33. The second-order valence-electron chi connectivity index (χ2n) is 5.37. The number of anilines is 1. The van der Waals surface area contributed by atoms with Crippen molar-refractivity contribution in [3.05, 3.63) is 49.1 Å². The fraction of sp³-hybridized carbons (Fsp3) is 0.235. The van der Waals surface area contributed by atoms with E-state index >= 15 is 0 Å². The maximum atomic E-state index is 4.61. The Bertz CT molecular complexity index is 778. The van der Waals surface area contributed by atoms with Crippen LogP contribution in [0.2, 0.25) is 0 Å². The van der Waals surface area contributed by atoms with Gasteiger partial charge in [0.15, 0.2) is 0 Å². The minimum atomic E-state index is 0.973. The van der Waals surface area contributed by atoms with Crippen LogP contribution < -0.4 is 4.90 Å². The van der Waals surface area contributed by atoms with E-state index in [4.69, 9.17) is 0 Å². The molecule has 4 nitrogen and oxygen atoms in total. The number of rotatable bonds is 2. The van der Waals surface area contributed by atoms with Crippen LogP contribution >= 0.6 is 0 Å². The molecule has 1 saturated heterocycles. The van der Waals surface area contributed by atoms with Crippen molar-refractivity contribution >= 4 is 16.7 Å². The second-order valence-corrected chi connectivity index (χ2v) is 5.37. The van der Waals surface area contributed by atoms with E-state index in [1.807, 2.05) is 24.5 Å². The number of benzene rings is 1. The van der Waals surface area contributed by atoms with Gasteiger partial charge in [0.25, 0.3) is 0 Å². The van der Waals surface area contributed by atoms with E-state index in [0.717, 1.165) is 29.8 Å². The Labute approximate surface area is 123 Å². The molecule has 2 aromatic heterocycles. The van der Waals surface area contributed by atoms with Crippen LogP contribution in [0.1, 0.15) is 12.8 Å². The van der Waals surface area contributed by atoms with Crippen molar-refractivity contribution in [3.8, 4) is 11.1 Å². The van der Waals surface area contributed by atoms with E-state index in [0.29, 0.717) is 0 Å². The molecule has 4 rings (SSSR count). The Kier molecular flexibility index (Phi) is 2.99. The lowest BCUT2D eigenvalue weighted by molar-refractivity contribution is 0.939. The van der Waals surface area contributed by atoms with Crippen LogP contribution in [0, 0.1) is 0 Å². The van der Waals surface area contributed by atoms with Gasteiger partial charge in [-0.3, -0.25) is 0 Å². The van der Waals surface area contributed by atoms with Gasteiger partial charge in [-0.25, -0.2) is 15.0 Å². The third-order valence-electron chi connectivity index (χ3n) is 4.01. The maximum Gasteiger partial charge on any atom is 0.136 e. The summed E-state index contributed by atoms with van der Waals surface area (Å²) >= 11 is 0. The molecule has 3 heterocycles. The molecule has 1 fully saturated rings. The zero-order valence-electron chi connectivity index (χ0n) is 11.7. The summed E-state index contributed by atoms with van der Waals surface area (Å²) in [6.45, 7) is 2.20. The zero-order chi connectivity index (χ0) is 14.1. The first kappa shape index (κ1) is 12.3. The standard InChI is InChI=1S/C17H16N4/c1-2-9-21(8-1)17-15(4-3-7-19-17)13-5-6-16-14(10-13)11-18-12-20-16/h3-7,10-12H,1-2,8-9H2. The van der Waals surface area contributed by atoms with Gasteiger partial charge in [0.05, 0.1) is 5.52 Å². The highest BCUT2D eigenvalue weighted by atomic mass is 15.2. The Morgan fingerprint density at radius 1 is 1.00 bits per heavy atom. The molecule has 0 amide bonds. The molecule has 3 aromatic rings. The summed E-state index contributed by atoms with van der Waals surface area (Å²) in [6.07, 6.45) is 7.82. The molecular formula is C17H16N4. The van der Waals surface area contributed by atoms with E-state index in [1.165, 1.54) is 24.0 Å². The monoisotopic (exact) mass is 276 g/mol. The van der Waals surface area contributed by atoms with E-state index < -0.39 is 0 Å². The fourth-order valence-corrected chi connectivity index (χ4v) is 2.96. The van der Waals surface area contributed by atoms with Crippen LogP contribution in [-0.4, -0.2) is 28.0 Å². The summed E-state index contributed by atoms with van der Waals surface area (Å²) in [7, 11) is 0. The Hall–Kier alpha value is -2.49. The van der Waals surface area contributed by atoms with Crippen molar-refractivity contribution in [1.82, 2.24) is 15.0 Å². The van der Waals surface area contributed by atoms with Gasteiger partial charge < -0.3 is 4.90 Å². The lowest BCUT2D eigenvalue weighted by atomic mass is 10.0. The Morgan fingerprint density at radius 2 is 1.90 bits per heavy atom. The maximum absolute atomic E-state index is 4.61. The molecule has 1 aliphatic heterocycles. The van der Waals surface area contributed by atoms with Crippen molar-refractivity contribution < 1.29 is 0 Å². The Morgan fingerprint density at radius 3 is 2.81 bits per heavy atom. The van der Waals surface area contributed by atoms with Gasteiger partial charge in [-0.1, -0.05) is 6.07 Å². The smallest absolute Gasteiger partial charge is 0.136 e. The molecule has 0 radical (unpaired) electrons. The van der Waals surface area contributed by atoms with Crippen molar-refractivity contribution in [1.29, 1.82) is 0 Å². The SMILES string of the molecule is c1cnc(N2CCCC2)c(-c2ccc3ncncc3c2)c1. The average molecular weight is 276 g/mol. The molecule has 0 saturated carbocycles. The number of hydrogen-bond donors (Lipinski definition) is 0. The van der Waals surface area contributed by atoms with Crippen molar-refractivity contribution in [3.63, 3.8) is 0 Å². The first-order valence-corrected chi connectivity index (χ1v) is 7.32. The molecule has 4 heteroatoms. The average Bonchev–Trinajstić information content (AvgIpc) is 3.09. The molecule has 104 valence electrons. The van der Waals surface area contributed by atoms with E-state index in [1.54, 1.807) is 6.33 Å². The quantitative estimate of drug-likeness (QED) is 0.720. The summed E-state index contributed by atoms with van der Waals surface area (Å²) in [5.74, 6) is 1.09. The van der Waals surface area contributed by atoms with Gasteiger partial charge in [0.1, 0.15) is 12.1 Å². The van der Waals surface area contributed by atoms with Gasteiger partial charge >= 0.3 is 0 Å². The number of nitrogens with zero attached hydrogens (tertiary/aromatic N) is 4. The van der Waals surface area contributed by atoms with Gasteiger partial charge in [0, 0.05) is 36.4 Å². The second kappa shape index (κ2) is 5.13. The highest BCUT2D eigenvalue weighted by Gasteiger charge is 2.17. The molecule has 0 atom stereocenters. The molecular weight excluding hydrogens is 260 g/mol. The third-order valence-corrected chi connectivity index (χ3v) is 4.01. The van der Waals surface area contributed by atoms with E-state index in [2.05, 4.69) is 38.1 Å². The Balaban J connectivity index is 1.84. The number of pyridine rings is 1. The largest absolute Gasteiger partial charge is 0.356 e. The van der Waals surface area contributed by atoms with Crippen LogP contribution in [0.4, 0.5) is 5.82 Å². The topological polar surface area (TPSA) is 41.9 Å². The van der Waals surface area contributed by atoms with Crippen LogP contribution in [0.25, 0.3) is 22.0 Å². The minimum absolute atomic E-state index is 0.973. The first-order chi connectivity index (χ1) is 10.4. The van der Waals surface area contributed by atoms with Gasteiger partial charge in [-0.2, -0.15) is 0 Å². The first-order valence-electron chi connectivity index (χ1n) is 7.32. The van der Waals surface area contributed by atoms with E-state index in [-0.39, 0.29) is 0 Å². The van der Waals surface area contributed by atoms with Gasteiger partial charge in [0.2, 0.25) is 0 Å². The van der Waals surface area contributed by atoms with Crippen LogP contribution in [0.15, 0.2) is 49.1 Å². The zero-order valence-corrected chi connectivity index (χ0v) is 11.7. The number of aromatic nitrogens is 3. The fourth-order valence-electron chi connectivity index (χ4n) is 2.96. The third kappa shape index (κ3) is 2.23. The highest BCUT2D eigenvalue weighted by Crippen LogP contribution is 2.32. The lowest BCUT2D eigenvalue weighted by Gasteiger charge is -2.20. The molecule has 1 aromatic carbocycles. The van der Waals surface area contributed by atoms with Gasteiger partial charge in [-0.15, -0.1) is 0 Å². The molecule has 0 N–H and O–H groups in total. The van der Waals surface area contributed by atoms with Crippen LogP contribution in [0.3, 0.4) is 0 Å². The molecule has 0 aliphatic carbocycles. The van der Waals surface area contributed by atoms with Gasteiger partial charge in [-0.05, 0) is 42.7 Å². The molecule has 0 bridgehead atoms. The van der Waals surface area contributed by atoms with Crippen LogP contribution in [-0.2, 0) is 0 Å². The summed E-state index contributed by atoms with van der Waals surface area (Å²) in [6, 6.07) is 10.5. The highest BCUT2D eigenvalue weighted by molar-refractivity contribution is 5.86. The van der Waals surface area contributed by atoms with Crippen LogP contribution in [0.5, 0.6) is 0 Å². The minimum Gasteiger partial charge on any atom is -0.356 e. The number of fused-ring (bicyclic) bond motifs is 1. The van der Waals surface area contributed by atoms with Crippen molar-refractivity contribution in [2.75, 3.05) is 18.0 Å². The summed E-state index contributed by atoms with van der Waals surface area (Å²) in [4.78, 5) is 15.4. The number of hydrogen-bond acceptors (Lipinski definition) is 4. The lowest BCUT2D eigenvalue weighted by Crippen LogP contribution is -2.19. The normalized spacial score (nSPS) is 14.8. The van der Waals surface area contributed by atoms with Crippen molar-refractivity contribution in [2.45, 2.75) is 12.8 Å².